The van der Waals surface area contributed by atoms with Gasteiger partial charge in [-0.3, -0.25) is 19.2 Å². The van der Waals surface area contributed by atoms with Crippen molar-refractivity contribution in [3.05, 3.63) is 125 Å². The van der Waals surface area contributed by atoms with E-state index in [0.29, 0.717) is 11.1 Å². The van der Waals surface area contributed by atoms with E-state index in [-0.39, 0.29) is 28.2 Å². The molecule has 2 unspecified atom stereocenters. The van der Waals surface area contributed by atoms with Gasteiger partial charge >= 0.3 is 5.97 Å². The smallest absolute Gasteiger partial charge is 0.339 e. The lowest BCUT2D eigenvalue weighted by molar-refractivity contribution is -0.138. The summed E-state index contributed by atoms with van der Waals surface area (Å²) in [6, 6.07) is 28.7. The van der Waals surface area contributed by atoms with Crippen LogP contribution in [0.15, 0.2) is 103 Å². The van der Waals surface area contributed by atoms with E-state index in [9.17, 15) is 24.0 Å². The Hall–Kier alpha value is -5.17. The lowest BCUT2D eigenvalue weighted by Gasteiger charge is -2.22. The predicted molar refractivity (Wildman–Crippen MR) is 144 cm³/mol. The van der Waals surface area contributed by atoms with Gasteiger partial charge < -0.3 is 10.1 Å². The van der Waals surface area contributed by atoms with Crippen LogP contribution < -0.4 is 5.32 Å². The Morgan fingerprint density at radius 3 is 2.03 bits per heavy atom. The van der Waals surface area contributed by atoms with Crippen molar-refractivity contribution in [2.75, 3.05) is 5.32 Å². The van der Waals surface area contributed by atoms with Crippen molar-refractivity contribution in [1.29, 1.82) is 0 Å². The molecule has 5 rings (SSSR count). The van der Waals surface area contributed by atoms with Crippen molar-refractivity contribution in [1.82, 2.24) is 0 Å². The maximum absolute atomic E-state index is 14.2. The molecule has 0 aliphatic carbocycles. The highest BCUT2D eigenvalue weighted by atomic mass is 16.5. The summed E-state index contributed by atoms with van der Waals surface area (Å²) in [6.45, 7) is 1.34. The van der Waals surface area contributed by atoms with E-state index in [4.69, 9.17) is 4.74 Å². The van der Waals surface area contributed by atoms with E-state index in [2.05, 4.69) is 5.32 Å². The number of fused-ring (bicyclic) bond motifs is 1. The molecule has 1 aliphatic rings. The number of amides is 1. The highest BCUT2D eigenvalue weighted by Crippen LogP contribution is 2.39. The number of benzene rings is 4. The van der Waals surface area contributed by atoms with Gasteiger partial charge in [0.1, 0.15) is 12.0 Å². The van der Waals surface area contributed by atoms with Gasteiger partial charge in [-0.15, -0.1) is 0 Å². The monoisotopic (exact) mass is 517 g/mol. The molecule has 0 spiro atoms. The van der Waals surface area contributed by atoms with E-state index in [1.54, 1.807) is 60.7 Å². The molecule has 7 heteroatoms. The van der Waals surface area contributed by atoms with Crippen LogP contribution in [-0.4, -0.2) is 29.2 Å². The molecule has 0 radical (unpaired) electrons. The first-order valence-corrected chi connectivity index (χ1v) is 12.3. The normalized spacial score (nSPS) is 14.6. The summed E-state index contributed by atoms with van der Waals surface area (Å²) >= 11 is 0. The van der Waals surface area contributed by atoms with Crippen LogP contribution in [0.5, 0.6) is 0 Å². The summed E-state index contributed by atoms with van der Waals surface area (Å²) in [7, 11) is 0. The molecule has 0 bridgehead atoms. The highest BCUT2D eigenvalue weighted by molar-refractivity contribution is 6.45. The lowest BCUT2D eigenvalue weighted by atomic mass is 9.82. The van der Waals surface area contributed by atoms with Crippen molar-refractivity contribution in [3.8, 4) is 11.1 Å². The van der Waals surface area contributed by atoms with Crippen LogP contribution in [0.4, 0.5) is 5.69 Å². The Bertz CT molecular complexity index is 1620. The van der Waals surface area contributed by atoms with Gasteiger partial charge in [-0.1, -0.05) is 84.9 Å². The molecular weight excluding hydrogens is 494 g/mol. The minimum atomic E-state index is -1.66. The molecule has 7 nitrogen and oxygen atoms in total. The Morgan fingerprint density at radius 2 is 1.31 bits per heavy atom. The van der Waals surface area contributed by atoms with Crippen LogP contribution in [0.2, 0.25) is 0 Å². The van der Waals surface area contributed by atoms with Crippen LogP contribution in [0.1, 0.15) is 49.7 Å². The second-order valence-electron chi connectivity index (χ2n) is 9.09. The van der Waals surface area contributed by atoms with Crippen LogP contribution in [0.25, 0.3) is 11.1 Å². The molecule has 2 atom stereocenters. The fourth-order valence-corrected chi connectivity index (χ4v) is 4.77. The van der Waals surface area contributed by atoms with E-state index in [1.165, 1.54) is 19.1 Å². The van der Waals surface area contributed by atoms with Gasteiger partial charge in [0.25, 0.3) is 5.91 Å². The van der Waals surface area contributed by atoms with Crippen LogP contribution in [0.3, 0.4) is 0 Å². The minimum Gasteiger partial charge on any atom is -0.453 e. The second kappa shape index (κ2) is 10.7. The average Bonchev–Trinajstić information content (AvgIpc) is 3.29. The van der Waals surface area contributed by atoms with Gasteiger partial charge in [0, 0.05) is 16.7 Å². The number of ether oxygens (including phenoxy) is 1. The summed E-state index contributed by atoms with van der Waals surface area (Å²) in [5.74, 6) is -5.49. The fraction of sp³-hybridized carbons (Fsp3) is 0.0938. The summed E-state index contributed by atoms with van der Waals surface area (Å²) in [6.07, 6.45) is -1.30. The molecule has 39 heavy (non-hydrogen) atoms. The summed E-state index contributed by atoms with van der Waals surface area (Å²) in [5.41, 5.74) is 2.46. The zero-order chi connectivity index (χ0) is 27.5. The highest BCUT2D eigenvalue weighted by Gasteiger charge is 2.46. The van der Waals surface area contributed by atoms with Crippen LogP contribution in [-0.2, 0) is 14.3 Å². The molecule has 0 fully saturated rings. The van der Waals surface area contributed by atoms with Gasteiger partial charge in [-0.25, -0.2) is 4.79 Å². The molecule has 1 amide bonds. The number of anilines is 1. The largest absolute Gasteiger partial charge is 0.453 e. The third-order valence-corrected chi connectivity index (χ3v) is 6.64. The fourth-order valence-electron chi connectivity index (χ4n) is 4.77. The molecule has 4 aromatic carbocycles. The Morgan fingerprint density at radius 1 is 0.718 bits per heavy atom. The standard InChI is InChI=1S/C32H23NO6/c1-19(34)21-13-9-10-18-26(21)33-31(37)29(36)27(30-24-16-7-8-17-25(24)32(38)39-30)28(35)23-15-6-5-14-22(23)20-11-3-2-4-12-20/h2-18,27,30H,1H3,(H,33,37). The van der Waals surface area contributed by atoms with Gasteiger partial charge in [0.2, 0.25) is 5.78 Å². The number of ketones is 3. The maximum atomic E-state index is 14.2. The van der Waals surface area contributed by atoms with E-state index >= 15 is 0 Å². The topological polar surface area (TPSA) is 107 Å². The number of hydrogen-bond acceptors (Lipinski definition) is 6. The van der Waals surface area contributed by atoms with Gasteiger partial charge in [-0.2, -0.15) is 0 Å². The van der Waals surface area contributed by atoms with Crippen LogP contribution in [0, 0.1) is 5.92 Å². The molecule has 0 saturated heterocycles. The number of hydrogen-bond donors (Lipinski definition) is 1. The molecule has 0 aromatic heterocycles. The number of para-hydroxylation sites is 1. The first-order chi connectivity index (χ1) is 18.9. The third-order valence-electron chi connectivity index (χ3n) is 6.64. The zero-order valence-electron chi connectivity index (χ0n) is 20.9. The van der Waals surface area contributed by atoms with Gasteiger partial charge in [0.15, 0.2) is 11.6 Å². The molecule has 1 heterocycles. The van der Waals surface area contributed by atoms with E-state index in [1.807, 2.05) is 30.3 Å². The average molecular weight is 518 g/mol. The zero-order valence-corrected chi connectivity index (χ0v) is 20.9. The molecule has 4 aromatic rings. The van der Waals surface area contributed by atoms with Gasteiger partial charge in [0.05, 0.1) is 11.3 Å². The van der Waals surface area contributed by atoms with E-state index in [0.717, 1.165) is 5.56 Å². The SMILES string of the molecule is CC(=O)c1ccccc1NC(=O)C(=O)C(C(=O)c1ccccc1-c1ccccc1)C1OC(=O)c2ccccc21. The number of Topliss-reactive ketones (excluding diaryl/α,β-unsaturated/α-hetero) is 3. The quantitative estimate of drug-likeness (QED) is 0.144. The first-order valence-electron chi connectivity index (χ1n) is 12.3. The minimum absolute atomic E-state index is 0.142. The van der Waals surface area contributed by atoms with Crippen molar-refractivity contribution in [3.63, 3.8) is 0 Å². The number of nitrogens with one attached hydrogen (secondary N) is 1. The number of carbonyl (C=O) groups excluding carboxylic acids is 5. The summed E-state index contributed by atoms with van der Waals surface area (Å²) in [5, 5.41) is 2.48. The van der Waals surface area contributed by atoms with Crippen molar-refractivity contribution in [2.24, 2.45) is 5.92 Å². The number of carbonyl (C=O) groups is 5. The summed E-state index contributed by atoms with van der Waals surface area (Å²) < 4.78 is 5.55. The second-order valence-corrected chi connectivity index (χ2v) is 9.09. The molecule has 1 N–H and O–H groups in total. The Labute approximate surface area is 224 Å². The van der Waals surface area contributed by atoms with Crippen molar-refractivity contribution >= 4 is 34.9 Å². The first kappa shape index (κ1) is 25.5. The molecule has 192 valence electrons. The van der Waals surface area contributed by atoms with Crippen molar-refractivity contribution < 1.29 is 28.7 Å². The molecule has 1 aliphatic heterocycles. The Kier molecular flexibility index (Phi) is 6.97. The van der Waals surface area contributed by atoms with E-state index < -0.39 is 35.5 Å². The number of cyclic esters (lactones) is 1. The lowest BCUT2D eigenvalue weighted by Crippen LogP contribution is -2.38. The molecular formula is C32H23NO6. The van der Waals surface area contributed by atoms with Crippen molar-refractivity contribution in [2.45, 2.75) is 13.0 Å². The van der Waals surface area contributed by atoms with Crippen LogP contribution >= 0.6 is 0 Å². The van der Waals surface area contributed by atoms with Gasteiger partial charge in [-0.05, 0) is 36.2 Å². The number of rotatable bonds is 8. The third kappa shape index (κ3) is 4.90. The predicted octanol–water partition coefficient (Wildman–Crippen LogP) is 5.47. The molecule has 0 saturated carbocycles. The Balaban J connectivity index is 1.58. The maximum Gasteiger partial charge on any atom is 0.339 e. The number of esters is 1. The summed E-state index contributed by atoms with van der Waals surface area (Å²) in [4.78, 5) is 66.0.